The Labute approximate surface area is 96.7 Å². The Hall–Kier alpha value is 0.0569. The standard InChI is InChI=1S/C10H28N4Si/c1-6-14(9-10(2)3)8-7-13-15(11-4)12-5/h10-13,15H,6-9H2,1-5H3. The highest BCUT2D eigenvalue weighted by Gasteiger charge is 2.07. The SMILES string of the molecule is CCN(CCN[SiH](NC)NC)CC(C)C. The van der Waals surface area contributed by atoms with E-state index in [2.05, 4.69) is 40.6 Å². The third kappa shape index (κ3) is 7.93. The summed E-state index contributed by atoms with van der Waals surface area (Å²) in [7, 11) is 2.94. The number of nitrogens with one attached hydrogen (secondary N) is 3. The zero-order valence-electron chi connectivity index (χ0n) is 10.9. The maximum atomic E-state index is 3.53. The highest BCUT2D eigenvalue weighted by atomic mass is 28.3. The Morgan fingerprint density at radius 1 is 1.20 bits per heavy atom. The fourth-order valence-electron chi connectivity index (χ4n) is 1.61. The number of nitrogens with zero attached hydrogens (tertiary/aromatic N) is 1. The summed E-state index contributed by atoms with van der Waals surface area (Å²) in [5.74, 6) is 0.756. The van der Waals surface area contributed by atoms with Crippen LogP contribution in [0.25, 0.3) is 0 Å². The smallest absolute Gasteiger partial charge is 0.264 e. The number of likely N-dealkylation sites (N-methyl/N-ethyl adjacent to an activating group) is 1. The summed E-state index contributed by atoms with van der Waals surface area (Å²) in [6.07, 6.45) is 0. The molecule has 0 aromatic rings. The summed E-state index contributed by atoms with van der Waals surface area (Å²) in [6.45, 7) is 11.3. The summed E-state index contributed by atoms with van der Waals surface area (Å²) >= 11 is 0. The van der Waals surface area contributed by atoms with Crippen LogP contribution in [0, 0.1) is 5.92 Å². The zero-order chi connectivity index (χ0) is 11.7. The van der Waals surface area contributed by atoms with Crippen molar-refractivity contribution in [2.45, 2.75) is 20.8 Å². The first-order valence-corrected chi connectivity index (χ1v) is 7.67. The minimum absolute atomic E-state index is 0.756. The van der Waals surface area contributed by atoms with E-state index in [1.54, 1.807) is 0 Å². The fraction of sp³-hybridized carbons (Fsp3) is 1.00. The average molecular weight is 232 g/mol. The lowest BCUT2D eigenvalue weighted by Gasteiger charge is -2.23. The van der Waals surface area contributed by atoms with Crippen LogP contribution < -0.4 is 14.9 Å². The second-order valence-corrected chi connectivity index (χ2v) is 6.68. The molecule has 0 aliphatic heterocycles. The normalized spacial score (nSPS) is 12.0. The molecule has 0 fully saturated rings. The van der Waals surface area contributed by atoms with E-state index in [-0.39, 0.29) is 0 Å². The number of hydrogen-bond acceptors (Lipinski definition) is 4. The highest BCUT2D eigenvalue weighted by molar-refractivity contribution is 6.50. The minimum atomic E-state index is -1.07. The fourth-order valence-corrected chi connectivity index (χ4v) is 2.73. The summed E-state index contributed by atoms with van der Waals surface area (Å²) in [6, 6.07) is 0. The highest BCUT2D eigenvalue weighted by Crippen LogP contribution is 1.96. The molecular formula is C10H28N4Si. The van der Waals surface area contributed by atoms with Crippen molar-refractivity contribution < 1.29 is 0 Å². The Kier molecular flexibility index (Phi) is 9.33. The van der Waals surface area contributed by atoms with Crippen molar-refractivity contribution in [3.05, 3.63) is 0 Å². The molecule has 0 spiro atoms. The molecule has 0 amide bonds. The first kappa shape index (κ1) is 15.1. The Morgan fingerprint density at radius 3 is 2.20 bits per heavy atom. The van der Waals surface area contributed by atoms with E-state index in [4.69, 9.17) is 0 Å². The maximum absolute atomic E-state index is 3.53. The van der Waals surface area contributed by atoms with Crippen molar-refractivity contribution in [2.75, 3.05) is 40.3 Å². The summed E-state index contributed by atoms with van der Waals surface area (Å²) in [5, 5.41) is 0. The van der Waals surface area contributed by atoms with Gasteiger partial charge in [-0.3, -0.25) is 0 Å². The predicted octanol–water partition coefficient (Wildman–Crippen LogP) is -0.290. The van der Waals surface area contributed by atoms with Crippen LogP contribution in [0.1, 0.15) is 20.8 Å². The van der Waals surface area contributed by atoms with Gasteiger partial charge >= 0.3 is 0 Å². The van der Waals surface area contributed by atoms with Crippen LogP contribution in [0.15, 0.2) is 0 Å². The Balaban J connectivity index is 3.61. The molecule has 15 heavy (non-hydrogen) atoms. The van der Waals surface area contributed by atoms with Gasteiger partial charge in [-0.25, -0.2) is 0 Å². The van der Waals surface area contributed by atoms with E-state index >= 15 is 0 Å². The van der Waals surface area contributed by atoms with E-state index in [1.807, 2.05) is 14.1 Å². The summed E-state index contributed by atoms with van der Waals surface area (Å²) < 4.78 is 0. The van der Waals surface area contributed by atoms with Gasteiger partial charge in [0.2, 0.25) is 0 Å². The molecule has 0 rings (SSSR count). The van der Waals surface area contributed by atoms with Crippen molar-refractivity contribution in [1.29, 1.82) is 0 Å². The van der Waals surface area contributed by atoms with Crippen molar-refractivity contribution in [1.82, 2.24) is 19.8 Å². The Morgan fingerprint density at radius 2 is 1.80 bits per heavy atom. The van der Waals surface area contributed by atoms with Gasteiger partial charge in [-0.2, -0.15) is 0 Å². The van der Waals surface area contributed by atoms with Gasteiger partial charge in [-0.05, 0) is 26.6 Å². The van der Waals surface area contributed by atoms with Gasteiger partial charge in [0.05, 0.1) is 0 Å². The second-order valence-electron chi connectivity index (χ2n) is 4.25. The molecule has 0 aliphatic carbocycles. The number of rotatable bonds is 9. The average Bonchev–Trinajstić information content (AvgIpc) is 2.22. The largest absolute Gasteiger partial charge is 0.319 e. The van der Waals surface area contributed by atoms with Crippen LogP contribution in [0.4, 0.5) is 0 Å². The lowest BCUT2D eigenvalue weighted by Crippen LogP contribution is -2.56. The lowest BCUT2D eigenvalue weighted by atomic mass is 10.2. The van der Waals surface area contributed by atoms with Crippen molar-refractivity contribution in [2.24, 2.45) is 5.92 Å². The van der Waals surface area contributed by atoms with E-state index in [0.717, 1.165) is 25.6 Å². The van der Waals surface area contributed by atoms with Crippen LogP contribution in [-0.4, -0.2) is 54.5 Å². The molecule has 92 valence electrons. The van der Waals surface area contributed by atoms with Crippen LogP contribution in [0.3, 0.4) is 0 Å². The van der Waals surface area contributed by atoms with E-state index in [9.17, 15) is 0 Å². The maximum Gasteiger partial charge on any atom is 0.264 e. The van der Waals surface area contributed by atoms with Gasteiger partial charge < -0.3 is 19.8 Å². The van der Waals surface area contributed by atoms with E-state index in [1.165, 1.54) is 6.54 Å². The van der Waals surface area contributed by atoms with Gasteiger partial charge in [0.15, 0.2) is 0 Å². The third-order valence-corrected chi connectivity index (χ3v) is 4.28. The van der Waals surface area contributed by atoms with Crippen LogP contribution in [-0.2, 0) is 0 Å². The predicted molar refractivity (Wildman–Crippen MR) is 70.2 cm³/mol. The molecule has 4 nitrogen and oxygen atoms in total. The molecule has 0 unspecified atom stereocenters. The number of hydrogen-bond donors (Lipinski definition) is 3. The molecule has 0 aromatic carbocycles. The van der Waals surface area contributed by atoms with E-state index < -0.39 is 9.28 Å². The lowest BCUT2D eigenvalue weighted by molar-refractivity contribution is 0.260. The molecule has 0 heterocycles. The first-order chi connectivity index (χ1) is 7.13. The quantitative estimate of drug-likeness (QED) is 0.478. The molecule has 0 aromatic heterocycles. The molecular weight excluding hydrogens is 204 g/mol. The van der Waals surface area contributed by atoms with Crippen molar-refractivity contribution in [3.63, 3.8) is 0 Å². The molecule has 0 radical (unpaired) electrons. The molecule has 0 atom stereocenters. The first-order valence-electron chi connectivity index (χ1n) is 5.94. The van der Waals surface area contributed by atoms with Crippen LogP contribution >= 0.6 is 0 Å². The zero-order valence-corrected chi connectivity index (χ0v) is 12.1. The van der Waals surface area contributed by atoms with Crippen molar-refractivity contribution >= 4 is 9.28 Å². The summed E-state index contributed by atoms with van der Waals surface area (Å²) in [4.78, 5) is 12.6. The minimum Gasteiger partial charge on any atom is -0.319 e. The van der Waals surface area contributed by atoms with Crippen LogP contribution in [0.5, 0.6) is 0 Å². The Bertz CT molecular complexity index is 139. The van der Waals surface area contributed by atoms with Crippen LogP contribution in [0.2, 0.25) is 0 Å². The van der Waals surface area contributed by atoms with Crippen molar-refractivity contribution in [3.8, 4) is 0 Å². The van der Waals surface area contributed by atoms with Gasteiger partial charge in [-0.15, -0.1) is 0 Å². The molecule has 5 heteroatoms. The molecule has 0 saturated heterocycles. The third-order valence-electron chi connectivity index (χ3n) is 2.42. The second kappa shape index (κ2) is 9.29. The molecule has 0 bridgehead atoms. The van der Waals surface area contributed by atoms with E-state index in [0.29, 0.717) is 0 Å². The van der Waals surface area contributed by atoms with Gasteiger partial charge in [0, 0.05) is 19.6 Å². The van der Waals surface area contributed by atoms with Gasteiger partial charge in [-0.1, -0.05) is 20.8 Å². The topological polar surface area (TPSA) is 39.3 Å². The van der Waals surface area contributed by atoms with Gasteiger partial charge in [0.1, 0.15) is 0 Å². The summed E-state index contributed by atoms with van der Waals surface area (Å²) in [5.41, 5.74) is 0. The monoisotopic (exact) mass is 232 g/mol. The molecule has 0 aliphatic rings. The molecule has 0 saturated carbocycles. The van der Waals surface area contributed by atoms with Gasteiger partial charge in [0.25, 0.3) is 9.28 Å². The molecule has 3 N–H and O–H groups in total.